The van der Waals surface area contributed by atoms with E-state index in [0.717, 1.165) is 5.92 Å². The SMILES string of the molecule is CC(C)(CN1CCCC1)C1CCNCC1. The molecule has 0 spiro atoms. The number of hydrogen-bond acceptors (Lipinski definition) is 2. The predicted molar refractivity (Wildman–Crippen MR) is 65.0 cm³/mol. The highest BCUT2D eigenvalue weighted by Crippen LogP contribution is 2.34. The predicted octanol–water partition coefficient (Wildman–Crippen LogP) is 2.11. The first-order valence-corrected chi connectivity index (χ1v) is 6.61. The Hall–Kier alpha value is -0.0800. The van der Waals surface area contributed by atoms with Gasteiger partial charge >= 0.3 is 0 Å². The second kappa shape index (κ2) is 4.84. The molecule has 1 N–H and O–H groups in total. The van der Waals surface area contributed by atoms with Crippen molar-refractivity contribution in [3.63, 3.8) is 0 Å². The normalized spacial score (nSPS) is 26.0. The lowest BCUT2D eigenvalue weighted by Crippen LogP contribution is -2.42. The van der Waals surface area contributed by atoms with Gasteiger partial charge in [-0.15, -0.1) is 0 Å². The molecule has 0 aromatic rings. The van der Waals surface area contributed by atoms with E-state index in [2.05, 4.69) is 24.1 Å². The maximum absolute atomic E-state index is 3.47. The van der Waals surface area contributed by atoms with Gasteiger partial charge in [-0.1, -0.05) is 13.8 Å². The van der Waals surface area contributed by atoms with E-state index in [-0.39, 0.29) is 0 Å². The molecule has 2 saturated heterocycles. The Morgan fingerprint density at radius 3 is 2.33 bits per heavy atom. The largest absolute Gasteiger partial charge is 0.317 e. The van der Waals surface area contributed by atoms with Crippen LogP contribution in [0.4, 0.5) is 0 Å². The Morgan fingerprint density at radius 1 is 1.13 bits per heavy atom. The van der Waals surface area contributed by atoms with Crippen LogP contribution in [-0.2, 0) is 0 Å². The number of nitrogens with one attached hydrogen (secondary N) is 1. The summed E-state index contributed by atoms with van der Waals surface area (Å²) in [7, 11) is 0. The minimum absolute atomic E-state index is 0.520. The Bertz CT molecular complexity index is 189. The van der Waals surface area contributed by atoms with E-state index >= 15 is 0 Å². The molecular formula is C13H26N2. The molecule has 0 bridgehead atoms. The van der Waals surface area contributed by atoms with Crippen molar-refractivity contribution >= 4 is 0 Å². The van der Waals surface area contributed by atoms with Gasteiger partial charge in [-0.3, -0.25) is 0 Å². The summed E-state index contributed by atoms with van der Waals surface area (Å²) in [6, 6.07) is 0. The summed E-state index contributed by atoms with van der Waals surface area (Å²) in [5.74, 6) is 0.930. The molecule has 2 aliphatic heterocycles. The second-order valence-corrected chi connectivity index (χ2v) is 6.00. The Labute approximate surface area is 94.4 Å². The monoisotopic (exact) mass is 210 g/mol. The van der Waals surface area contributed by atoms with Crippen molar-refractivity contribution in [3.05, 3.63) is 0 Å². The lowest BCUT2D eigenvalue weighted by molar-refractivity contribution is 0.110. The first-order chi connectivity index (χ1) is 7.18. The Balaban J connectivity index is 1.86. The van der Waals surface area contributed by atoms with Crippen molar-refractivity contribution in [1.82, 2.24) is 10.2 Å². The molecule has 0 aromatic heterocycles. The van der Waals surface area contributed by atoms with Gasteiger partial charge in [-0.05, 0) is 63.2 Å². The van der Waals surface area contributed by atoms with Crippen LogP contribution < -0.4 is 5.32 Å². The van der Waals surface area contributed by atoms with Crippen LogP contribution in [0.15, 0.2) is 0 Å². The van der Waals surface area contributed by atoms with Gasteiger partial charge in [0.15, 0.2) is 0 Å². The highest BCUT2D eigenvalue weighted by Gasteiger charge is 2.32. The summed E-state index contributed by atoms with van der Waals surface area (Å²) in [6.07, 6.45) is 5.59. The minimum atomic E-state index is 0.520. The zero-order valence-electron chi connectivity index (χ0n) is 10.4. The van der Waals surface area contributed by atoms with Gasteiger partial charge in [-0.25, -0.2) is 0 Å². The molecule has 15 heavy (non-hydrogen) atoms. The fraction of sp³-hybridized carbons (Fsp3) is 1.00. The summed E-state index contributed by atoms with van der Waals surface area (Å²) >= 11 is 0. The standard InChI is InChI=1S/C13H26N2/c1-13(2,11-15-9-3-4-10-15)12-5-7-14-8-6-12/h12,14H,3-11H2,1-2H3. The lowest BCUT2D eigenvalue weighted by Gasteiger charge is -2.39. The van der Waals surface area contributed by atoms with Crippen molar-refractivity contribution in [2.75, 3.05) is 32.7 Å². The minimum Gasteiger partial charge on any atom is -0.317 e. The van der Waals surface area contributed by atoms with Crippen molar-refractivity contribution in [1.29, 1.82) is 0 Å². The first kappa shape index (κ1) is 11.4. The third-order valence-electron chi connectivity index (χ3n) is 4.27. The number of hydrogen-bond donors (Lipinski definition) is 1. The van der Waals surface area contributed by atoms with Crippen LogP contribution in [0.2, 0.25) is 0 Å². The van der Waals surface area contributed by atoms with Crippen molar-refractivity contribution in [2.24, 2.45) is 11.3 Å². The fourth-order valence-electron chi connectivity index (χ4n) is 3.25. The molecule has 0 atom stereocenters. The maximum Gasteiger partial charge on any atom is 0.00353 e. The van der Waals surface area contributed by atoms with Crippen LogP contribution in [0.5, 0.6) is 0 Å². The van der Waals surface area contributed by atoms with Crippen molar-refractivity contribution in [3.8, 4) is 0 Å². The van der Waals surface area contributed by atoms with E-state index < -0.39 is 0 Å². The smallest absolute Gasteiger partial charge is 0.00353 e. The molecule has 2 nitrogen and oxygen atoms in total. The van der Waals surface area contributed by atoms with Crippen molar-refractivity contribution < 1.29 is 0 Å². The Morgan fingerprint density at radius 2 is 1.73 bits per heavy atom. The second-order valence-electron chi connectivity index (χ2n) is 6.00. The molecule has 0 unspecified atom stereocenters. The zero-order valence-corrected chi connectivity index (χ0v) is 10.4. The number of nitrogens with zero attached hydrogens (tertiary/aromatic N) is 1. The van der Waals surface area contributed by atoms with E-state index in [4.69, 9.17) is 0 Å². The summed E-state index contributed by atoms with van der Waals surface area (Å²) in [5.41, 5.74) is 0.520. The number of piperidine rings is 1. The van der Waals surface area contributed by atoms with Crippen molar-refractivity contribution in [2.45, 2.75) is 39.5 Å². The molecule has 2 fully saturated rings. The maximum atomic E-state index is 3.47. The molecule has 0 saturated carbocycles. The molecule has 0 amide bonds. The summed E-state index contributed by atoms with van der Waals surface area (Å²) in [6.45, 7) is 11.4. The quantitative estimate of drug-likeness (QED) is 0.767. The van der Waals surface area contributed by atoms with E-state index in [1.165, 1.54) is 58.4 Å². The summed E-state index contributed by atoms with van der Waals surface area (Å²) in [5, 5.41) is 3.47. The summed E-state index contributed by atoms with van der Waals surface area (Å²) in [4.78, 5) is 2.67. The molecular weight excluding hydrogens is 184 g/mol. The molecule has 2 aliphatic rings. The lowest BCUT2D eigenvalue weighted by atomic mass is 9.73. The van der Waals surface area contributed by atoms with Gasteiger partial charge in [0.2, 0.25) is 0 Å². The van der Waals surface area contributed by atoms with E-state index in [0.29, 0.717) is 5.41 Å². The molecule has 0 aliphatic carbocycles. The first-order valence-electron chi connectivity index (χ1n) is 6.61. The van der Waals surface area contributed by atoms with Crippen LogP contribution in [0.1, 0.15) is 39.5 Å². The molecule has 2 heteroatoms. The van der Waals surface area contributed by atoms with Crippen LogP contribution in [0.3, 0.4) is 0 Å². The number of rotatable bonds is 3. The topological polar surface area (TPSA) is 15.3 Å². The average Bonchev–Trinajstić information content (AvgIpc) is 2.71. The zero-order chi connectivity index (χ0) is 10.7. The van der Waals surface area contributed by atoms with Gasteiger partial charge < -0.3 is 10.2 Å². The van der Waals surface area contributed by atoms with E-state index in [1.54, 1.807) is 0 Å². The van der Waals surface area contributed by atoms with Crippen LogP contribution in [0, 0.1) is 11.3 Å². The average molecular weight is 210 g/mol. The molecule has 0 radical (unpaired) electrons. The van der Waals surface area contributed by atoms with Crippen LogP contribution >= 0.6 is 0 Å². The van der Waals surface area contributed by atoms with Gasteiger partial charge in [0, 0.05) is 6.54 Å². The highest BCUT2D eigenvalue weighted by molar-refractivity contribution is 4.85. The molecule has 0 aromatic carbocycles. The molecule has 2 rings (SSSR count). The molecule has 2 heterocycles. The van der Waals surface area contributed by atoms with E-state index in [1.807, 2.05) is 0 Å². The number of likely N-dealkylation sites (tertiary alicyclic amines) is 1. The summed E-state index contributed by atoms with van der Waals surface area (Å²) < 4.78 is 0. The van der Waals surface area contributed by atoms with Gasteiger partial charge in [0.1, 0.15) is 0 Å². The van der Waals surface area contributed by atoms with Crippen LogP contribution in [0.25, 0.3) is 0 Å². The Kier molecular flexibility index (Phi) is 3.68. The molecule has 88 valence electrons. The van der Waals surface area contributed by atoms with E-state index in [9.17, 15) is 0 Å². The van der Waals surface area contributed by atoms with Crippen LogP contribution in [-0.4, -0.2) is 37.6 Å². The van der Waals surface area contributed by atoms with Gasteiger partial charge in [0.25, 0.3) is 0 Å². The van der Waals surface area contributed by atoms with Gasteiger partial charge in [0.05, 0.1) is 0 Å². The highest BCUT2D eigenvalue weighted by atomic mass is 15.1. The third kappa shape index (κ3) is 2.94. The fourth-order valence-corrected chi connectivity index (χ4v) is 3.25. The van der Waals surface area contributed by atoms with Gasteiger partial charge in [-0.2, -0.15) is 0 Å². The third-order valence-corrected chi connectivity index (χ3v) is 4.27.